The van der Waals surface area contributed by atoms with E-state index in [1.54, 1.807) is 23.5 Å². The van der Waals surface area contributed by atoms with Crippen molar-refractivity contribution in [3.05, 3.63) is 56.8 Å². The third-order valence-corrected chi connectivity index (χ3v) is 4.67. The molecule has 2 aromatic heterocycles. The van der Waals surface area contributed by atoms with Gasteiger partial charge in [0, 0.05) is 20.5 Å². The smallest absolute Gasteiger partial charge is 0.203 e. The first-order chi connectivity index (χ1) is 8.63. The van der Waals surface area contributed by atoms with Crippen molar-refractivity contribution in [2.45, 2.75) is 6.92 Å². The van der Waals surface area contributed by atoms with Gasteiger partial charge in [0.2, 0.25) is 5.78 Å². The number of benzene rings is 1. The van der Waals surface area contributed by atoms with Gasteiger partial charge in [0.1, 0.15) is 5.82 Å². The number of ketones is 1. The highest BCUT2D eigenvalue weighted by Gasteiger charge is 2.14. The number of carbonyl (C=O) groups is 1. The summed E-state index contributed by atoms with van der Waals surface area (Å²) in [5, 5.41) is 2.65. The van der Waals surface area contributed by atoms with Crippen LogP contribution in [0.25, 0.3) is 10.1 Å². The monoisotopic (exact) mass is 276 g/mol. The molecule has 0 aliphatic carbocycles. The number of fused-ring (bicyclic) bond motifs is 1. The summed E-state index contributed by atoms with van der Waals surface area (Å²) in [6, 6.07) is 8.24. The van der Waals surface area contributed by atoms with Crippen molar-refractivity contribution >= 4 is 38.5 Å². The van der Waals surface area contributed by atoms with Crippen LogP contribution in [-0.4, -0.2) is 5.78 Å². The molecule has 0 unspecified atom stereocenters. The zero-order chi connectivity index (χ0) is 12.7. The average molecular weight is 276 g/mol. The van der Waals surface area contributed by atoms with Crippen molar-refractivity contribution in [3.63, 3.8) is 0 Å². The maximum absolute atomic E-state index is 13.1. The summed E-state index contributed by atoms with van der Waals surface area (Å²) in [6.45, 7) is 1.97. The minimum Gasteiger partial charge on any atom is -0.288 e. The lowest BCUT2D eigenvalue weighted by Gasteiger charge is -1.91. The Morgan fingerprint density at radius 3 is 2.78 bits per heavy atom. The quantitative estimate of drug-likeness (QED) is 0.623. The zero-order valence-electron chi connectivity index (χ0n) is 9.57. The van der Waals surface area contributed by atoms with Crippen LogP contribution in [-0.2, 0) is 0 Å². The summed E-state index contributed by atoms with van der Waals surface area (Å²) in [7, 11) is 0. The highest BCUT2D eigenvalue weighted by atomic mass is 32.1. The summed E-state index contributed by atoms with van der Waals surface area (Å²) < 4.78 is 14.0. The molecule has 2 heterocycles. The second kappa shape index (κ2) is 4.30. The Kier molecular flexibility index (Phi) is 2.76. The summed E-state index contributed by atoms with van der Waals surface area (Å²) in [6.07, 6.45) is 0. The van der Waals surface area contributed by atoms with Crippen LogP contribution in [0.3, 0.4) is 0 Å². The van der Waals surface area contributed by atoms with E-state index in [0.717, 1.165) is 15.0 Å². The lowest BCUT2D eigenvalue weighted by molar-refractivity contribution is 0.104. The molecule has 0 atom stereocenters. The van der Waals surface area contributed by atoms with Gasteiger partial charge in [-0.15, -0.1) is 22.7 Å². The van der Waals surface area contributed by atoms with Gasteiger partial charge in [-0.3, -0.25) is 4.79 Å². The van der Waals surface area contributed by atoms with Crippen LogP contribution in [0.1, 0.15) is 20.1 Å². The fourth-order valence-electron chi connectivity index (χ4n) is 1.83. The van der Waals surface area contributed by atoms with Crippen molar-refractivity contribution in [2.75, 3.05) is 0 Å². The SMILES string of the molecule is Cc1cc(C(=O)c2cc3cc(F)ccc3s2)cs1. The van der Waals surface area contributed by atoms with Crippen molar-refractivity contribution in [1.82, 2.24) is 0 Å². The lowest BCUT2D eigenvalue weighted by atomic mass is 10.1. The maximum atomic E-state index is 13.1. The Bertz CT molecular complexity index is 739. The highest BCUT2D eigenvalue weighted by molar-refractivity contribution is 7.21. The van der Waals surface area contributed by atoms with Crippen molar-refractivity contribution < 1.29 is 9.18 Å². The molecule has 18 heavy (non-hydrogen) atoms. The fourth-order valence-corrected chi connectivity index (χ4v) is 3.52. The molecular weight excluding hydrogens is 267 g/mol. The number of aryl methyl sites for hydroxylation is 1. The predicted octanol–water partition coefficient (Wildman–Crippen LogP) is 4.64. The summed E-state index contributed by atoms with van der Waals surface area (Å²) >= 11 is 2.97. The molecule has 4 heteroatoms. The number of thiophene rings is 2. The first kappa shape index (κ1) is 11.6. The maximum Gasteiger partial charge on any atom is 0.203 e. The Hall–Kier alpha value is -1.52. The van der Waals surface area contributed by atoms with Gasteiger partial charge < -0.3 is 0 Å². The molecule has 0 amide bonds. The first-order valence-electron chi connectivity index (χ1n) is 5.42. The van der Waals surface area contributed by atoms with Gasteiger partial charge >= 0.3 is 0 Å². The third-order valence-electron chi connectivity index (χ3n) is 2.69. The standard InChI is InChI=1S/C14H9FOS2/c1-8-4-10(7-17-8)14(16)13-6-9-5-11(15)2-3-12(9)18-13/h2-7H,1H3. The molecule has 0 radical (unpaired) electrons. The molecule has 1 nitrogen and oxygen atoms in total. The highest BCUT2D eigenvalue weighted by Crippen LogP contribution is 2.28. The summed E-state index contributed by atoms with van der Waals surface area (Å²) in [5.74, 6) is -0.258. The van der Waals surface area contributed by atoms with Crippen LogP contribution >= 0.6 is 22.7 Å². The molecule has 0 fully saturated rings. The van der Waals surface area contributed by atoms with Gasteiger partial charge in [0.15, 0.2) is 0 Å². The van der Waals surface area contributed by atoms with Crippen LogP contribution in [0.2, 0.25) is 0 Å². The van der Waals surface area contributed by atoms with E-state index in [1.807, 2.05) is 18.4 Å². The van der Waals surface area contributed by atoms with E-state index in [0.29, 0.717) is 10.4 Å². The van der Waals surface area contributed by atoms with Gasteiger partial charge in [-0.05, 0) is 42.6 Å². The van der Waals surface area contributed by atoms with E-state index >= 15 is 0 Å². The molecular formula is C14H9FOS2. The number of hydrogen-bond acceptors (Lipinski definition) is 3. The van der Waals surface area contributed by atoms with Crippen LogP contribution in [0.4, 0.5) is 4.39 Å². The summed E-state index contributed by atoms with van der Waals surface area (Å²) in [5.41, 5.74) is 0.713. The molecule has 0 saturated heterocycles. The van der Waals surface area contributed by atoms with Gasteiger partial charge in [-0.2, -0.15) is 0 Å². The van der Waals surface area contributed by atoms with Crippen LogP contribution < -0.4 is 0 Å². The molecule has 0 bridgehead atoms. The fraction of sp³-hybridized carbons (Fsp3) is 0.0714. The summed E-state index contributed by atoms with van der Waals surface area (Å²) in [4.78, 5) is 14.0. The lowest BCUT2D eigenvalue weighted by Crippen LogP contribution is -1.95. The van der Waals surface area contributed by atoms with Gasteiger partial charge in [0.25, 0.3) is 0 Å². The van der Waals surface area contributed by atoms with Crippen LogP contribution in [0, 0.1) is 12.7 Å². The Morgan fingerprint density at radius 1 is 1.22 bits per heavy atom. The number of carbonyl (C=O) groups excluding carboxylic acids is 1. The van der Waals surface area contributed by atoms with E-state index in [-0.39, 0.29) is 11.6 Å². The molecule has 3 rings (SSSR count). The van der Waals surface area contributed by atoms with Crippen LogP contribution in [0.15, 0.2) is 35.7 Å². The third kappa shape index (κ3) is 1.98. The first-order valence-corrected chi connectivity index (χ1v) is 7.12. The molecule has 1 aromatic carbocycles. The van der Waals surface area contributed by atoms with Crippen LogP contribution in [0.5, 0.6) is 0 Å². The minimum absolute atomic E-state index is 0.0148. The second-order valence-corrected chi connectivity index (χ2v) is 6.27. The van der Waals surface area contributed by atoms with Gasteiger partial charge in [-0.25, -0.2) is 4.39 Å². The minimum atomic E-state index is -0.273. The molecule has 3 aromatic rings. The number of hydrogen-bond donors (Lipinski definition) is 0. The average Bonchev–Trinajstić information content (AvgIpc) is 2.93. The molecule has 0 aliphatic heterocycles. The van der Waals surface area contributed by atoms with E-state index < -0.39 is 0 Å². The van der Waals surface area contributed by atoms with Crippen molar-refractivity contribution in [3.8, 4) is 0 Å². The van der Waals surface area contributed by atoms with Crippen molar-refractivity contribution in [1.29, 1.82) is 0 Å². The Balaban J connectivity index is 2.06. The van der Waals surface area contributed by atoms with E-state index in [1.165, 1.54) is 23.5 Å². The van der Waals surface area contributed by atoms with Gasteiger partial charge in [-0.1, -0.05) is 0 Å². The zero-order valence-corrected chi connectivity index (χ0v) is 11.2. The normalized spacial score (nSPS) is 11.0. The number of rotatable bonds is 2. The Morgan fingerprint density at radius 2 is 2.06 bits per heavy atom. The Labute approximate surface area is 112 Å². The topological polar surface area (TPSA) is 17.1 Å². The molecule has 90 valence electrons. The predicted molar refractivity (Wildman–Crippen MR) is 74.3 cm³/mol. The van der Waals surface area contributed by atoms with E-state index in [9.17, 15) is 9.18 Å². The largest absolute Gasteiger partial charge is 0.288 e. The van der Waals surface area contributed by atoms with Gasteiger partial charge in [0.05, 0.1) is 4.88 Å². The molecule has 0 N–H and O–H groups in total. The molecule has 0 aliphatic rings. The van der Waals surface area contributed by atoms with E-state index in [4.69, 9.17) is 0 Å². The molecule has 0 saturated carbocycles. The van der Waals surface area contributed by atoms with E-state index in [2.05, 4.69) is 0 Å². The number of halogens is 1. The van der Waals surface area contributed by atoms with Crippen molar-refractivity contribution in [2.24, 2.45) is 0 Å². The molecule has 0 spiro atoms. The second-order valence-electron chi connectivity index (χ2n) is 4.07.